The second kappa shape index (κ2) is 9.05. The lowest BCUT2D eigenvalue weighted by Gasteiger charge is -2.19. The summed E-state index contributed by atoms with van der Waals surface area (Å²) < 4.78 is 12.5. The predicted molar refractivity (Wildman–Crippen MR) is 137 cm³/mol. The molecular formula is C27H21ClN4O4. The van der Waals surface area contributed by atoms with Crippen molar-refractivity contribution in [1.82, 2.24) is 15.0 Å². The lowest BCUT2D eigenvalue weighted by Crippen LogP contribution is -2.17. The van der Waals surface area contributed by atoms with E-state index >= 15 is 0 Å². The van der Waals surface area contributed by atoms with Gasteiger partial charge in [0.15, 0.2) is 16.9 Å². The van der Waals surface area contributed by atoms with E-state index in [1.54, 1.807) is 32.3 Å². The van der Waals surface area contributed by atoms with Gasteiger partial charge in [-0.15, -0.1) is 0 Å². The number of pyridine rings is 1. The molecule has 0 aliphatic rings. The number of halogens is 1. The van der Waals surface area contributed by atoms with Gasteiger partial charge in [0.25, 0.3) is 5.91 Å². The number of hydrogen-bond acceptors (Lipinski definition) is 7. The number of aryl methyl sites for hydroxylation is 1. The van der Waals surface area contributed by atoms with Crippen LogP contribution >= 0.6 is 11.6 Å². The highest BCUT2D eigenvalue weighted by Gasteiger charge is 2.22. The normalized spacial score (nSPS) is 12.1. The van der Waals surface area contributed by atoms with Gasteiger partial charge in [-0.3, -0.25) is 19.6 Å². The first-order valence-electron chi connectivity index (χ1n) is 11.1. The van der Waals surface area contributed by atoms with Crippen molar-refractivity contribution in [2.24, 2.45) is 5.73 Å². The largest absolute Gasteiger partial charge is 0.483 e. The van der Waals surface area contributed by atoms with Crippen molar-refractivity contribution in [3.63, 3.8) is 0 Å². The topological polar surface area (TPSA) is 121 Å². The fourth-order valence-electron chi connectivity index (χ4n) is 4.20. The van der Waals surface area contributed by atoms with Crippen LogP contribution in [-0.2, 0) is 0 Å². The van der Waals surface area contributed by atoms with Gasteiger partial charge >= 0.3 is 0 Å². The number of primary amides is 1. The summed E-state index contributed by atoms with van der Waals surface area (Å²) in [6, 6.07) is 12.2. The number of fused-ring (bicyclic) bond motifs is 2. The molecule has 2 aromatic carbocycles. The maximum Gasteiger partial charge on any atom is 0.271 e. The van der Waals surface area contributed by atoms with E-state index in [4.69, 9.17) is 26.5 Å². The number of nitrogens with zero attached hydrogens (tertiary/aromatic N) is 3. The summed E-state index contributed by atoms with van der Waals surface area (Å²) in [5.74, 6) is -0.155. The third kappa shape index (κ3) is 4.16. The van der Waals surface area contributed by atoms with Crippen molar-refractivity contribution < 1.29 is 13.9 Å². The lowest BCUT2D eigenvalue weighted by atomic mass is 9.99. The number of nitrogens with two attached hydrogens (primary N) is 1. The number of rotatable bonds is 5. The zero-order valence-corrected chi connectivity index (χ0v) is 20.5. The van der Waals surface area contributed by atoms with Crippen LogP contribution in [0.25, 0.3) is 33.3 Å². The highest BCUT2D eigenvalue weighted by molar-refractivity contribution is 6.29. The summed E-state index contributed by atoms with van der Waals surface area (Å²) in [6.45, 7) is 5.42. The maximum absolute atomic E-state index is 13.4. The third-order valence-electron chi connectivity index (χ3n) is 5.92. The first-order chi connectivity index (χ1) is 17.2. The molecule has 9 heteroatoms. The molecule has 3 aromatic heterocycles. The van der Waals surface area contributed by atoms with E-state index in [-0.39, 0.29) is 22.0 Å². The zero-order valence-electron chi connectivity index (χ0n) is 19.7. The predicted octanol–water partition coefficient (Wildman–Crippen LogP) is 5.31. The van der Waals surface area contributed by atoms with E-state index in [9.17, 15) is 9.59 Å². The molecule has 0 unspecified atom stereocenters. The molecule has 0 spiro atoms. The van der Waals surface area contributed by atoms with E-state index in [2.05, 4.69) is 15.0 Å². The molecule has 3 heterocycles. The van der Waals surface area contributed by atoms with Gasteiger partial charge in [0.2, 0.25) is 0 Å². The second-order valence-corrected chi connectivity index (χ2v) is 8.87. The minimum atomic E-state index is -0.766. The van der Waals surface area contributed by atoms with E-state index in [1.165, 1.54) is 12.1 Å². The Morgan fingerprint density at radius 1 is 1.06 bits per heavy atom. The van der Waals surface area contributed by atoms with Crippen LogP contribution in [0.2, 0.25) is 5.15 Å². The molecule has 0 aliphatic heterocycles. The molecule has 0 fully saturated rings. The molecule has 5 aromatic rings. The van der Waals surface area contributed by atoms with Gasteiger partial charge in [0, 0.05) is 29.1 Å². The summed E-state index contributed by atoms with van der Waals surface area (Å²) in [4.78, 5) is 38.0. The van der Waals surface area contributed by atoms with Crippen molar-refractivity contribution in [3.05, 3.63) is 92.6 Å². The van der Waals surface area contributed by atoms with Crippen LogP contribution in [0.1, 0.15) is 40.2 Å². The van der Waals surface area contributed by atoms with Crippen molar-refractivity contribution in [2.45, 2.75) is 26.9 Å². The molecule has 1 amide bonds. The van der Waals surface area contributed by atoms with Crippen LogP contribution in [0, 0.1) is 13.8 Å². The molecule has 0 aliphatic carbocycles. The molecular weight excluding hydrogens is 480 g/mol. The number of carbonyl (C=O) groups is 1. The number of amides is 1. The summed E-state index contributed by atoms with van der Waals surface area (Å²) >= 11 is 5.93. The minimum Gasteiger partial charge on any atom is -0.483 e. The average molecular weight is 501 g/mol. The molecule has 0 saturated heterocycles. The zero-order chi connectivity index (χ0) is 25.6. The van der Waals surface area contributed by atoms with Gasteiger partial charge in [0.1, 0.15) is 22.6 Å². The van der Waals surface area contributed by atoms with Gasteiger partial charge in [-0.05, 0) is 68.8 Å². The SMILES string of the molecule is Cc1cc([C@@H](C)Oc2ccc(Cl)nc2C(N)=O)c2oc(-c3ccc4nccnc4c3)c(C)c(=O)c2c1. The fourth-order valence-corrected chi connectivity index (χ4v) is 4.35. The van der Waals surface area contributed by atoms with E-state index in [0.29, 0.717) is 38.9 Å². The first kappa shape index (κ1) is 23.4. The minimum absolute atomic E-state index is 0.0819. The van der Waals surface area contributed by atoms with E-state index in [1.807, 2.05) is 31.2 Å². The standard InChI is InChI=1S/C27H21ClN4O4/c1-13-10-17(15(3)35-21-6-7-22(28)32-23(21)27(29)34)26-18(11-13)24(33)14(2)25(36-26)16-4-5-19-20(12-16)31-9-8-30-19/h4-12,15H,1-3H3,(H2,29,34)/t15-/m1/s1. The average Bonchev–Trinajstić information content (AvgIpc) is 2.86. The molecule has 0 bridgehead atoms. The molecule has 36 heavy (non-hydrogen) atoms. The highest BCUT2D eigenvalue weighted by atomic mass is 35.5. The van der Waals surface area contributed by atoms with Crippen LogP contribution in [0.4, 0.5) is 0 Å². The van der Waals surface area contributed by atoms with Crippen LogP contribution in [0.5, 0.6) is 5.75 Å². The van der Waals surface area contributed by atoms with Crippen LogP contribution < -0.4 is 15.9 Å². The summed E-state index contributed by atoms with van der Waals surface area (Å²) in [6.07, 6.45) is 2.62. The number of hydrogen-bond donors (Lipinski definition) is 1. The maximum atomic E-state index is 13.4. The Morgan fingerprint density at radius 3 is 2.56 bits per heavy atom. The van der Waals surface area contributed by atoms with Gasteiger partial charge in [-0.25, -0.2) is 4.98 Å². The summed E-state index contributed by atoms with van der Waals surface area (Å²) in [5.41, 5.74) is 9.73. The van der Waals surface area contributed by atoms with Crippen LogP contribution in [-0.4, -0.2) is 20.9 Å². The molecule has 0 radical (unpaired) electrons. The Hall–Kier alpha value is -4.30. The van der Waals surface area contributed by atoms with E-state index < -0.39 is 12.0 Å². The molecule has 2 N–H and O–H groups in total. The number of ether oxygens (including phenoxy) is 1. The Bertz CT molecular complexity index is 1730. The Kier molecular flexibility index (Phi) is 5.89. The molecule has 180 valence electrons. The summed E-state index contributed by atoms with van der Waals surface area (Å²) in [7, 11) is 0. The van der Waals surface area contributed by atoms with Crippen LogP contribution in [0.15, 0.2) is 64.1 Å². The van der Waals surface area contributed by atoms with Crippen molar-refractivity contribution >= 4 is 39.5 Å². The monoisotopic (exact) mass is 500 g/mol. The number of benzene rings is 2. The van der Waals surface area contributed by atoms with Crippen molar-refractivity contribution in [3.8, 4) is 17.1 Å². The molecule has 5 rings (SSSR count). The first-order valence-corrected chi connectivity index (χ1v) is 11.5. The van der Waals surface area contributed by atoms with Gasteiger partial charge < -0.3 is 14.9 Å². The van der Waals surface area contributed by atoms with Gasteiger partial charge in [-0.2, -0.15) is 0 Å². The van der Waals surface area contributed by atoms with Crippen molar-refractivity contribution in [1.29, 1.82) is 0 Å². The van der Waals surface area contributed by atoms with Crippen molar-refractivity contribution in [2.75, 3.05) is 0 Å². The fraction of sp³-hybridized carbons (Fsp3) is 0.148. The Balaban J connectivity index is 1.67. The van der Waals surface area contributed by atoms with Gasteiger partial charge in [0.05, 0.1) is 16.4 Å². The Morgan fingerprint density at radius 2 is 1.81 bits per heavy atom. The summed E-state index contributed by atoms with van der Waals surface area (Å²) in [5, 5.41) is 0.558. The van der Waals surface area contributed by atoms with Gasteiger partial charge in [-0.1, -0.05) is 11.6 Å². The van der Waals surface area contributed by atoms with E-state index in [0.717, 1.165) is 11.1 Å². The molecule has 0 saturated carbocycles. The number of aromatic nitrogens is 3. The molecule has 8 nitrogen and oxygen atoms in total. The lowest BCUT2D eigenvalue weighted by molar-refractivity contribution is 0.0988. The molecule has 1 atom stereocenters. The van der Waals surface area contributed by atoms with Crippen LogP contribution in [0.3, 0.4) is 0 Å². The number of carbonyl (C=O) groups excluding carboxylic acids is 1. The Labute approximate surface area is 210 Å². The smallest absolute Gasteiger partial charge is 0.271 e. The second-order valence-electron chi connectivity index (χ2n) is 8.48. The third-order valence-corrected chi connectivity index (χ3v) is 6.13. The highest BCUT2D eigenvalue weighted by Crippen LogP contribution is 2.34. The quantitative estimate of drug-likeness (QED) is 0.324.